The second-order valence-corrected chi connectivity index (χ2v) is 3.30. The van der Waals surface area contributed by atoms with Gasteiger partial charge in [0.1, 0.15) is 0 Å². The molecule has 0 radical (unpaired) electrons. The van der Waals surface area contributed by atoms with Crippen molar-refractivity contribution in [3.05, 3.63) is 0 Å². The predicted octanol–water partition coefficient (Wildman–Crippen LogP) is 0.0453. The molecule has 2 heterocycles. The van der Waals surface area contributed by atoms with E-state index in [0.717, 1.165) is 6.42 Å². The summed E-state index contributed by atoms with van der Waals surface area (Å²) >= 11 is 0. The zero-order chi connectivity index (χ0) is 8.72. The third-order valence-corrected chi connectivity index (χ3v) is 2.57. The van der Waals surface area contributed by atoms with Crippen LogP contribution in [0.1, 0.15) is 19.8 Å². The maximum Gasteiger partial charge on any atom is 0.306 e. The van der Waals surface area contributed by atoms with E-state index in [0.29, 0.717) is 6.42 Å². The molecule has 68 valence electrons. The summed E-state index contributed by atoms with van der Waals surface area (Å²) < 4.78 is 10.1. The Morgan fingerprint density at radius 1 is 1.67 bits per heavy atom. The largest absolute Gasteiger partial charge is 0.457 e. The van der Waals surface area contributed by atoms with Gasteiger partial charge in [-0.05, 0) is 6.42 Å². The average molecular weight is 172 g/mol. The van der Waals surface area contributed by atoms with Gasteiger partial charge in [0, 0.05) is 5.92 Å². The zero-order valence-electron chi connectivity index (χ0n) is 6.90. The van der Waals surface area contributed by atoms with Crippen LogP contribution in [0.25, 0.3) is 0 Å². The van der Waals surface area contributed by atoms with Gasteiger partial charge in [0.15, 0.2) is 12.4 Å². The third-order valence-electron chi connectivity index (χ3n) is 2.57. The fourth-order valence-corrected chi connectivity index (χ4v) is 1.96. The molecule has 0 amide bonds. The molecule has 0 aliphatic carbocycles. The number of rotatable bonds is 1. The highest BCUT2D eigenvalue weighted by atomic mass is 16.7. The first-order valence-corrected chi connectivity index (χ1v) is 4.25. The molecule has 0 spiro atoms. The number of fused-ring (bicyclic) bond motifs is 1. The van der Waals surface area contributed by atoms with Gasteiger partial charge >= 0.3 is 5.97 Å². The van der Waals surface area contributed by atoms with E-state index in [9.17, 15) is 9.90 Å². The van der Waals surface area contributed by atoms with Crippen LogP contribution in [0.2, 0.25) is 0 Å². The number of carbonyl (C=O) groups is 1. The molecule has 2 aliphatic rings. The maximum absolute atomic E-state index is 10.9. The van der Waals surface area contributed by atoms with Gasteiger partial charge in [0.25, 0.3) is 0 Å². The van der Waals surface area contributed by atoms with Gasteiger partial charge in [-0.3, -0.25) is 4.79 Å². The van der Waals surface area contributed by atoms with Gasteiger partial charge in [-0.25, -0.2) is 0 Å². The van der Waals surface area contributed by atoms with E-state index < -0.39 is 12.4 Å². The molecular formula is C8H12O4. The lowest BCUT2D eigenvalue weighted by atomic mass is 9.96. The Kier molecular flexibility index (Phi) is 1.81. The third kappa shape index (κ3) is 1.03. The fourth-order valence-electron chi connectivity index (χ4n) is 1.96. The molecule has 0 aromatic heterocycles. The lowest BCUT2D eigenvalue weighted by molar-refractivity contribution is -0.165. The van der Waals surface area contributed by atoms with Crippen LogP contribution in [0, 0.1) is 5.92 Å². The van der Waals surface area contributed by atoms with Crippen LogP contribution in [0.15, 0.2) is 0 Å². The van der Waals surface area contributed by atoms with Gasteiger partial charge in [0.2, 0.25) is 0 Å². The topological polar surface area (TPSA) is 55.8 Å². The van der Waals surface area contributed by atoms with Crippen molar-refractivity contribution in [2.45, 2.75) is 38.3 Å². The molecule has 2 fully saturated rings. The lowest BCUT2D eigenvalue weighted by Gasteiger charge is -2.10. The first-order chi connectivity index (χ1) is 5.72. The van der Waals surface area contributed by atoms with E-state index in [2.05, 4.69) is 0 Å². The van der Waals surface area contributed by atoms with E-state index in [4.69, 9.17) is 9.47 Å². The Labute approximate surface area is 70.5 Å². The molecule has 1 unspecified atom stereocenters. The molecule has 2 rings (SSSR count). The summed E-state index contributed by atoms with van der Waals surface area (Å²) in [4.78, 5) is 10.9. The quantitative estimate of drug-likeness (QED) is 0.567. The van der Waals surface area contributed by atoms with Gasteiger partial charge in [-0.15, -0.1) is 0 Å². The van der Waals surface area contributed by atoms with Crippen molar-refractivity contribution in [2.24, 2.45) is 5.92 Å². The van der Waals surface area contributed by atoms with Crippen molar-refractivity contribution in [2.75, 3.05) is 0 Å². The number of hydrogen-bond donors (Lipinski definition) is 1. The molecule has 12 heavy (non-hydrogen) atoms. The summed E-state index contributed by atoms with van der Waals surface area (Å²) in [6.45, 7) is 1.97. The number of esters is 1. The number of aliphatic hydroxyl groups excluding tert-OH is 1. The van der Waals surface area contributed by atoms with Crippen LogP contribution in [0.3, 0.4) is 0 Å². The number of aliphatic hydroxyl groups is 1. The fraction of sp³-hybridized carbons (Fsp3) is 0.875. The molecule has 0 aromatic carbocycles. The van der Waals surface area contributed by atoms with Crippen LogP contribution < -0.4 is 0 Å². The maximum atomic E-state index is 10.9. The van der Waals surface area contributed by atoms with E-state index in [1.807, 2.05) is 6.92 Å². The molecule has 0 saturated carbocycles. The first kappa shape index (κ1) is 8.01. The van der Waals surface area contributed by atoms with Gasteiger partial charge < -0.3 is 14.6 Å². The van der Waals surface area contributed by atoms with E-state index in [1.54, 1.807) is 0 Å². The minimum absolute atomic E-state index is 0.0172. The van der Waals surface area contributed by atoms with Crippen molar-refractivity contribution in [3.8, 4) is 0 Å². The second kappa shape index (κ2) is 2.71. The van der Waals surface area contributed by atoms with Crippen molar-refractivity contribution < 1.29 is 19.4 Å². The van der Waals surface area contributed by atoms with Crippen molar-refractivity contribution >= 4 is 5.97 Å². The molecular weight excluding hydrogens is 160 g/mol. The van der Waals surface area contributed by atoms with Crippen molar-refractivity contribution in [1.29, 1.82) is 0 Å². The van der Waals surface area contributed by atoms with Crippen molar-refractivity contribution in [1.82, 2.24) is 0 Å². The van der Waals surface area contributed by atoms with Crippen LogP contribution >= 0.6 is 0 Å². The normalized spacial score (nSPS) is 46.0. The summed E-state index contributed by atoms with van der Waals surface area (Å²) in [5, 5.41) is 9.32. The molecule has 4 heteroatoms. The molecule has 1 N–H and O–H groups in total. The molecule has 0 aromatic rings. The molecule has 4 nitrogen and oxygen atoms in total. The Balaban J connectivity index is 2.13. The first-order valence-electron chi connectivity index (χ1n) is 4.25. The Morgan fingerprint density at radius 2 is 2.42 bits per heavy atom. The van der Waals surface area contributed by atoms with E-state index >= 15 is 0 Å². The van der Waals surface area contributed by atoms with E-state index in [1.165, 1.54) is 0 Å². The second-order valence-electron chi connectivity index (χ2n) is 3.30. The summed E-state index contributed by atoms with van der Waals surface area (Å²) in [7, 11) is 0. The molecule has 2 aliphatic heterocycles. The van der Waals surface area contributed by atoms with Crippen LogP contribution in [-0.4, -0.2) is 29.6 Å². The van der Waals surface area contributed by atoms with E-state index in [-0.39, 0.29) is 18.0 Å². The van der Waals surface area contributed by atoms with Crippen molar-refractivity contribution in [3.63, 3.8) is 0 Å². The molecule has 0 bridgehead atoms. The smallest absolute Gasteiger partial charge is 0.306 e. The minimum Gasteiger partial charge on any atom is -0.457 e. The monoisotopic (exact) mass is 172 g/mol. The zero-order valence-corrected chi connectivity index (χ0v) is 6.90. The highest BCUT2D eigenvalue weighted by molar-refractivity contribution is 5.72. The standard InChI is InChI=1S/C8H12O4/c1-2-5-4-3-6(9)12-7(4)8(10)11-5/h4-5,7-8,10H,2-3H2,1H3/t4-,5-,7-,8?/m1/s1. The highest BCUT2D eigenvalue weighted by Crippen LogP contribution is 2.37. The van der Waals surface area contributed by atoms with Crippen LogP contribution in [0.4, 0.5) is 0 Å². The Morgan fingerprint density at radius 3 is 3.08 bits per heavy atom. The van der Waals surface area contributed by atoms with Crippen LogP contribution in [0.5, 0.6) is 0 Å². The number of ether oxygens (including phenoxy) is 2. The minimum atomic E-state index is -0.911. The number of carbonyl (C=O) groups excluding carboxylic acids is 1. The highest BCUT2D eigenvalue weighted by Gasteiger charge is 2.50. The van der Waals surface area contributed by atoms with Gasteiger partial charge in [0.05, 0.1) is 12.5 Å². The van der Waals surface area contributed by atoms with Gasteiger partial charge in [-0.1, -0.05) is 6.92 Å². The lowest BCUT2D eigenvalue weighted by Crippen LogP contribution is -2.24. The summed E-state index contributed by atoms with van der Waals surface area (Å²) in [6, 6.07) is 0. The number of hydrogen-bond acceptors (Lipinski definition) is 4. The summed E-state index contributed by atoms with van der Waals surface area (Å²) in [5.41, 5.74) is 0. The average Bonchev–Trinajstić information content (AvgIpc) is 2.52. The van der Waals surface area contributed by atoms with Gasteiger partial charge in [-0.2, -0.15) is 0 Å². The SMILES string of the molecule is CC[C@H]1OC(O)[C@@H]2OC(=O)C[C@H]12. The molecule has 2 saturated heterocycles. The summed E-state index contributed by atoms with van der Waals surface area (Å²) in [5.74, 6) is -0.150. The molecule has 4 atom stereocenters. The predicted molar refractivity (Wildman–Crippen MR) is 39.2 cm³/mol. The summed E-state index contributed by atoms with van der Waals surface area (Å²) in [6.07, 6.45) is -0.139. The Hall–Kier alpha value is -0.610. The van der Waals surface area contributed by atoms with Crippen LogP contribution in [-0.2, 0) is 14.3 Å². The Bertz CT molecular complexity index is 203.